The third-order valence-corrected chi connectivity index (χ3v) is 5.82. The molecule has 0 radical (unpaired) electrons. The summed E-state index contributed by atoms with van der Waals surface area (Å²) in [7, 11) is 0. The lowest BCUT2D eigenvalue weighted by atomic mass is 9.61. The van der Waals surface area contributed by atoms with Gasteiger partial charge in [-0.25, -0.2) is 8.78 Å². The zero-order valence-corrected chi connectivity index (χ0v) is 14.3. The molecule has 0 aliphatic heterocycles. The van der Waals surface area contributed by atoms with Gasteiger partial charge in [0, 0.05) is 25.7 Å². The van der Waals surface area contributed by atoms with Gasteiger partial charge in [0.2, 0.25) is 5.92 Å². The smallest absolute Gasteiger partial charge is 0.312 e. The van der Waals surface area contributed by atoms with Crippen molar-refractivity contribution in [3.63, 3.8) is 0 Å². The summed E-state index contributed by atoms with van der Waals surface area (Å²) in [4.78, 5) is 24.5. The zero-order chi connectivity index (χ0) is 17.9. The fraction of sp³-hybridized carbons (Fsp3) is 0.600. The van der Waals surface area contributed by atoms with E-state index in [2.05, 4.69) is 0 Å². The number of hydrogen-bond donors (Lipinski definition) is 0. The van der Waals surface area contributed by atoms with Gasteiger partial charge in [0.15, 0.2) is 0 Å². The molecule has 1 aromatic rings. The topological polar surface area (TPSA) is 43.4 Å². The quantitative estimate of drug-likeness (QED) is 0.740. The third kappa shape index (κ3) is 4.07. The molecule has 0 N–H and O–H groups in total. The van der Waals surface area contributed by atoms with Gasteiger partial charge in [-0.15, -0.1) is 0 Å². The van der Waals surface area contributed by atoms with E-state index in [1.54, 1.807) is 0 Å². The Morgan fingerprint density at radius 2 is 1.64 bits per heavy atom. The van der Waals surface area contributed by atoms with Crippen molar-refractivity contribution in [3.05, 3.63) is 35.9 Å². The zero-order valence-electron chi connectivity index (χ0n) is 14.3. The maximum atomic E-state index is 13.7. The van der Waals surface area contributed by atoms with Crippen molar-refractivity contribution in [2.45, 2.75) is 63.9 Å². The molecular weight excluding hydrogens is 326 g/mol. The Hall–Kier alpha value is -1.78. The summed E-state index contributed by atoms with van der Waals surface area (Å²) in [5.74, 6) is -2.91. The number of alkyl halides is 2. The van der Waals surface area contributed by atoms with Crippen LogP contribution in [0, 0.1) is 11.3 Å². The van der Waals surface area contributed by atoms with E-state index in [4.69, 9.17) is 4.74 Å². The van der Waals surface area contributed by atoms with Crippen molar-refractivity contribution in [1.82, 2.24) is 0 Å². The molecule has 0 unspecified atom stereocenters. The average molecular weight is 350 g/mol. The fourth-order valence-electron chi connectivity index (χ4n) is 4.20. The molecule has 0 spiro atoms. The number of halogens is 2. The Morgan fingerprint density at radius 3 is 2.24 bits per heavy atom. The Labute approximate surface area is 146 Å². The second-order valence-electron chi connectivity index (χ2n) is 7.39. The summed E-state index contributed by atoms with van der Waals surface area (Å²) in [6.45, 7) is 0.156. The molecule has 136 valence electrons. The summed E-state index contributed by atoms with van der Waals surface area (Å²) in [6, 6.07) is 9.36. The average Bonchev–Trinajstić information content (AvgIpc) is 2.62. The van der Waals surface area contributed by atoms with E-state index < -0.39 is 11.3 Å². The highest BCUT2D eigenvalue weighted by Gasteiger charge is 2.53. The number of rotatable bonds is 4. The lowest BCUT2D eigenvalue weighted by Crippen LogP contribution is -2.46. The summed E-state index contributed by atoms with van der Waals surface area (Å²) in [6.07, 6.45) is 1.81. The molecule has 0 bridgehead atoms. The number of esters is 1. The molecule has 0 aromatic heterocycles. The Morgan fingerprint density at radius 1 is 1.04 bits per heavy atom. The van der Waals surface area contributed by atoms with Gasteiger partial charge in [0.25, 0.3) is 0 Å². The van der Waals surface area contributed by atoms with Crippen LogP contribution in [0.5, 0.6) is 0 Å². The van der Waals surface area contributed by atoms with Crippen LogP contribution in [0.15, 0.2) is 30.3 Å². The Bertz CT molecular complexity index is 607. The van der Waals surface area contributed by atoms with E-state index in [9.17, 15) is 18.4 Å². The number of hydrogen-bond acceptors (Lipinski definition) is 3. The van der Waals surface area contributed by atoms with Gasteiger partial charge in [-0.3, -0.25) is 9.59 Å². The first-order valence-electron chi connectivity index (χ1n) is 9.02. The third-order valence-electron chi connectivity index (χ3n) is 5.82. The molecule has 5 heteroatoms. The SMILES string of the molecule is O=C1CCC(C2(C(=O)OCc3ccccc3)CCC(F)(F)CC2)CC1. The highest BCUT2D eigenvalue weighted by atomic mass is 19.3. The van der Waals surface area contributed by atoms with Crippen molar-refractivity contribution >= 4 is 11.8 Å². The van der Waals surface area contributed by atoms with Gasteiger partial charge in [-0.2, -0.15) is 0 Å². The normalized spacial score (nSPS) is 23.2. The van der Waals surface area contributed by atoms with Crippen LogP contribution in [0.3, 0.4) is 0 Å². The van der Waals surface area contributed by atoms with Crippen LogP contribution < -0.4 is 0 Å². The van der Waals surface area contributed by atoms with Crippen molar-refractivity contribution in [2.24, 2.45) is 11.3 Å². The van der Waals surface area contributed by atoms with Gasteiger partial charge in [-0.1, -0.05) is 30.3 Å². The lowest BCUT2D eigenvalue weighted by Gasteiger charge is -2.44. The van der Waals surface area contributed by atoms with E-state index in [1.807, 2.05) is 30.3 Å². The summed E-state index contributed by atoms with van der Waals surface area (Å²) < 4.78 is 32.9. The standard InChI is InChI=1S/C20H24F2O3/c21-20(22)12-10-19(11-13-20,16-6-8-17(23)9-7-16)18(24)25-14-15-4-2-1-3-5-15/h1-5,16H,6-14H2. The number of Topliss-reactive ketones (excluding diaryl/α,β-unsaturated/α-hetero) is 1. The van der Waals surface area contributed by atoms with Gasteiger partial charge in [-0.05, 0) is 37.2 Å². The molecule has 2 aliphatic rings. The van der Waals surface area contributed by atoms with Gasteiger partial charge >= 0.3 is 5.97 Å². The molecule has 0 amide bonds. The van der Waals surface area contributed by atoms with E-state index in [0.29, 0.717) is 25.7 Å². The molecule has 2 saturated carbocycles. The minimum atomic E-state index is -2.70. The van der Waals surface area contributed by atoms with Crippen molar-refractivity contribution in [1.29, 1.82) is 0 Å². The fourth-order valence-corrected chi connectivity index (χ4v) is 4.20. The number of ether oxygens (including phenoxy) is 1. The number of carbonyl (C=O) groups excluding carboxylic acids is 2. The number of ketones is 1. The molecule has 3 nitrogen and oxygen atoms in total. The molecule has 0 saturated heterocycles. The van der Waals surface area contributed by atoms with Crippen LogP contribution in [0.2, 0.25) is 0 Å². The van der Waals surface area contributed by atoms with Gasteiger partial charge < -0.3 is 4.74 Å². The van der Waals surface area contributed by atoms with E-state index in [1.165, 1.54) is 0 Å². The first-order valence-corrected chi connectivity index (χ1v) is 9.02. The van der Waals surface area contributed by atoms with Crippen molar-refractivity contribution in [2.75, 3.05) is 0 Å². The molecule has 0 heterocycles. The molecular formula is C20H24F2O3. The minimum Gasteiger partial charge on any atom is -0.460 e. The van der Waals surface area contributed by atoms with Gasteiger partial charge in [0.05, 0.1) is 5.41 Å². The number of carbonyl (C=O) groups is 2. The Balaban J connectivity index is 1.74. The highest BCUT2D eigenvalue weighted by molar-refractivity contribution is 5.81. The van der Waals surface area contributed by atoms with Crippen LogP contribution in [0.1, 0.15) is 56.9 Å². The second-order valence-corrected chi connectivity index (χ2v) is 7.39. The lowest BCUT2D eigenvalue weighted by molar-refractivity contribution is -0.172. The van der Waals surface area contributed by atoms with Crippen LogP contribution >= 0.6 is 0 Å². The molecule has 25 heavy (non-hydrogen) atoms. The van der Waals surface area contributed by atoms with Gasteiger partial charge in [0.1, 0.15) is 12.4 Å². The highest BCUT2D eigenvalue weighted by Crippen LogP contribution is 2.52. The second kappa shape index (κ2) is 7.22. The first-order chi connectivity index (χ1) is 11.9. The Kier molecular flexibility index (Phi) is 5.21. The molecule has 1 aromatic carbocycles. The maximum Gasteiger partial charge on any atom is 0.312 e. The van der Waals surface area contributed by atoms with E-state index >= 15 is 0 Å². The van der Waals surface area contributed by atoms with E-state index in [-0.39, 0.29) is 50.0 Å². The predicted octanol–water partition coefficient (Wildman–Crippen LogP) is 4.68. The van der Waals surface area contributed by atoms with Crippen molar-refractivity contribution < 1.29 is 23.1 Å². The van der Waals surface area contributed by atoms with E-state index in [0.717, 1.165) is 5.56 Å². The van der Waals surface area contributed by atoms with Crippen LogP contribution in [0.25, 0.3) is 0 Å². The minimum absolute atomic E-state index is 0.0374. The van der Waals surface area contributed by atoms with Crippen LogP contribution in [-0.2, 0) is 20.9 Å². The van der Waals surface area contributed by atoms with Crippen LogP contribution in [0.4, 0.5) is 8.78 Å². The summed E-state index contributed by atoms with van der Waals surface area (Å²) >= 11 is 0. The number of benzene rings is 1. The van der Waals surface area contributed by atoms with Crippen molar-refractivity contribution in [3.8, 4) is 0 Å². The summed E-state index contributed by atoms with van der Waals surface area (Å²) in [5, 5.41) is 0. The first kappa shape index (κ1) is 18.0. The maximum absolute atomic E-state index is 13.7. The summed E-state index contributed by atoms with van der Waals surface area (Å²) in [5.41, 5.74) is 0.0166. The molecule has 2 fully saturated rings. The predicted molar refractivity (Wildman–Crippen MR) is 89.1 cm³/mol. The molecule has 2 aliphatic carbocycles. The molecule has 0 atom stereocenters. The molecule has 3 rings (SSSR count). The largest absolute Gasteiger partial charge is 0.460 e. The van der Waals surface area contributed by atoms with Crippen LogP contribution in [-0.4, -0.2) is 17.7 Å². The monoisotopic (exact) mass is 350 g/mol.